The van der Waals surface area contributed by atoms with Gasteiger partial charge in [-0.1, -0.05) is 0 Å². The van der Waals surface area contributed by atoms with Crippen molar-refractivity contribution >= 4 is 10.0 Å². The Hall–Kier alpha value is -0.920. The lowest BCUT2D eigenvalue weighted by Crippen LogP contribution is -2.26. The summed E-state index contributed by atoms with van der Waals surface area (Å²) in [5.74, 6) is 0.808. The molecule has 0 amide bonds. The van der Waals surface area contributed by atoms with Crippen molar-refractivity contribution in [3.63, 3.8) is 0 Å². The lowest BCUT2D eigenvalue weighted by molar-refractivity contribution is 0.0675. The molecule has 6 nitrogen and oxygen atoms in total. The predicted molar refractivity (Wildman–Crippen MR) is 65.1 cm³/mol. The van der Waals surface area contributed by atoms with Crippen molar-refractivity contribution in [3.05, 3.63) is 18.2 Å². The first-order valence-corrected chi connectivity index (χ1v) is 7.40. The monoisotopic (exact) mass is 261 g/mol. The van der Waals surface area contributed by atoms with Crippen LogP contribution in [0, 0.1) is 0 Å². The van der Waals surface area contributed by atoms with Crippen LogP contribution in [0.1, 0.15) is 25.8 Å². The first kappa shape index (κ1) is 14.1. The molecule has 1 atom stereocenters. The summed E-state index contributed by atoms with van der Waals surface area (Å²) in [5.41, 5.74) is 0. The minimum absolute atomic E-state index is 0.0896. The van der Waals surface area contributed by atoms with Gasteiger partial charge in [0.2, 0.25) is 10.0 Å². The number of aromatic nitrogens is 2. The van der Waals surface area contributed by atoms with Crippen LogP contribution in [0.3, 0.4) is 0 Å². The van der Waals surface area contributed by atoms with Crippen molar-refractivity contribution in [2.45, 2.75) is 26.5 Å². The van der Waals surface area contributed by atoms with Crippen LogP contribution in [0.25, 0.3) is 0 Å². The molecule has 0 aliphatic heterocycles. The van der Waals surface area contributed by atoms with Gasteiger partial charge in [0, 0.05) is 32.1 Å². The average molecular weight is 261 g/mol. The Morgan fingerprint density at radius 3 is 2.88 bits per heavy atom. The number of ether oxygens (including phenoxy) is 1. The maximum Gasteiger partial charge on any atom is 0.208 e. The second-order valence-electron chi connectivity index (χ2n) is 3.74. The molecular formula is C10H19N3O3S. The SMILES string of the molecule is CCOC(C)c1nccn1CCNS(C)(=O)=O. The third kappa shape index (κ3) is 4.84. The van der Waals surface area contributed by atoms with Crippen molar-refractivity contribution in [2.24, 2.45) is 0 Å². The first-order chi connectivity index (χ1) is 7.94. The van der Waals surface area contributed by atoms with Gasteiger partial charge < -0.3 is 9.30 Å². The highest BCUT2D eigenvalue weighted by atomic mass is 32.2. The van der Waals surface area contributed by atoms with Gasteiger partial charge in [0.15, 0.2) is 0 Å². The number of sulfonamides is 1. The number of nitrogens with one attached hydrogen (secondary N) is 1. The summed E-state index contributed by atoms with van der Waals surface area (Å²) >= 11 is 0. The topological polar surface area (TPSA) is 73.2 Å². The fraction of sp³-hybridized carbons (Fsp3) is 0.700. The molecule has 1 unspecified atom stereocenters. The quantitative estimate of drug-likeness (QED) is 0.777. The minimum atomic E-state index is -3.14. The summed E-state index contributed by atoms with van der Waals surface area (Å²) in [6, 6.07) is 0. The summed E-state index contributed by atoms with van der Waals surface area (Å²) in [6.45, 7) is 5.36. The van der Waals surface area contributed by atoms with E-state index in [2.05, 4.69) is 9.71 Å². The molecule has 98 valence electrons. The van der Waals surface area contributed by atoms with Crippen LogP contribution in [0.15, 0.2) is 12.4 Å². The maximum atomic E-state index is 10.9. The normalized spacial score (nSPS) is 13.8. The van der Waals surface area contributed by atoms with Gasteiger partial charge in [-0.15, -0.1) is 0 Å². The van der Waals surface area contributed by atoms with Crippen molar-refractivity contribution in [3.8, 4) is 0 Å². The third-order valence-corrected chi connectivity index (χ3v) is 2.97. The summed E-state index contributed by atoms with van der Waals surface area (Å²) in [4.78, 5) is 4.21. The van der Waals surface area contributed by atoms with Gasteiger partial charge in [0.1, 0.15) is 11.9 Å². The summed E-state index contributed by atoms with van der Waals surface area (Å²) in [5, 5.41) is 0. The molecule has 1 aromatic rings. The molecule has 0 spiro atoms. The molecule has 0 saturated carbocycles. The fourth-order valence-electron chi connectivity index (χ4n) is 1.54. The lowest BCUT2D eigenvalue weighted by Gasteiger charge is -2.14. The molecule has 0 fully saturated rings. The van der Waals surface area contributed by atoms with Crippen LogP contribution >= 0.6 is 0 Å². The smallest absolute Gasteiger partial charge is 0.208 e. The highest BCUT2D eigenvalue weighted by Crippen LogP contribution is 2.13. The minimum Gasteiger partial charge on any atom is -0.371 e. The molecule has 0 bridgehead atoms. The number of rotatable bonds is 7. The lowest BCUT2D eigenvalue weighted by atomic mass is 10.3. The molecule has 1 heterocycles. The van der Waals surface area contributed by atoms with E-state index in [4.69, 9.17) is 4.74 Å². The summed E-state index contributed by atoms with van der Waals surface area (Å²) in [7, 11) is -3.14. The van der Waals surface area contributed by atoms with E-state index in [0.717, 1.165) is 12.1 Å². The Kier molecular flexibility index (Phi) is 5.10. The predicted octanol–water partition coefficient (Wildman–Crippen LogP) is 0.530. The Labute approximate surface area is 102 Å². The zero-order valence-electron chi connectivity index (χ0n) is 10.4. The van der Waals surface area contributed by atoms with Crippen molar-refractivity contribution in [1.82, 2.24) is 14.3 Å². The summed E-state index contributed by atoms with van der Waals surface area (Å²) < 4.78 is 31.6. The van der Waals surface area contributed by atoms with Crippen molar-refractivity contribution in [2.75, 3.05) is 19.4 Å². The van der Waals surface area contributed by atoms with E-state index in [-0.39, 0.29) is 6.10 Å². The molecule has 1 rings (SSSR count). The van der Waals surface area contributed by atoms with Crippen molar-refractivity contribution < 1.29 is 13.2 Å². The van der Waals surface area contributed by atoms with Gasteiger partial charge in [0.25, 0.3) is 0 Å². The van der Waals surface area contributed by atoms with Gasteiger partial charge in [0.05, 0.1) is 6.26 Å². The van der Waals surface area contributed by atoms with Crippen LogP contribution in [0.5, 0.6) is 0 Å². The number of hydrogen-bond acceptors (Lipinski definition) is 4. The van der Waals surface area contributed by atoms with Crippen LogP contribution in [-0.4, -0.2) is 37.4 Å². The molecule has 0 saturated heterocycles. The zero-order valence-corrected chi connectivity index (χ0v) is 11.2. The van der Waals surface area contributed by atoms with Gasteiger partial charge in [-0.3, -0.25) is 0 Å². The van der Waals surface area contributed by atoms with Gasteiger partial charge in [-0.2, -0.15) is 0 Å². The van der Waals surface area contributed by atoms with E-state index >= 15 is 0 Å². The molecule has 0 aliphatic rings. The largest absolute Gasteiger partial charge is 0.371 e. The second kappa shape index (κ2) is 6.13. The van der Waals surface area contributed by atoms with Gasteiger partial charge in [-0.25, -0.2) is 18.1 Å². The van der Waals surface area contributed by atoms with E-state index in [1.165, 1.54) is 0 Å². The molecule has 1 N–H and O–H groups in total. The number of hydrogen-bond donors (Lipinski definition) is 1. The third-order valence-electron chi connectivity index (χ3n) is 2.24. The van der Waals surface area contributed by atoms with Crippen LogP contribution in [0.4, 0.5) is 0 Å². The Morgan fingerprint density at radius 2 is 2.29 bits per heavy atom. The zero-order chi connectivity index (χ0) is 12.9. The molecular weight excluding hydrogens is 242 g/mol. The molecule has 0 radical (unpaired) electrons. The van der Waals surface area contributed by atoms with E-state index in [1.807, 2.05) is 24.6 Å². The average Bonchev–Trinajstić information content (AvgIpc) is 2.64. The fourth-order valence-corrected chi connectivity index (χ4v) is 2.01. The van der Waals surface area contributed by atoms with E-state index in [0.29, 0.717) is 19.7 Å². The van der Waals surface area contributed by atoms with Gasteiger partial charge >= 0.3 is 0 Å². The Bertz CT molecular complexity index is 441. The molecule has 7 heteroatoms. The summed E-state index contributed by atoms with van der Waals surface area (Å²) in [6.07, 6.45) is 4.55. The van der Waals surface area contributed by atoms with Crippen LogP contribution in [-0.2, 0) is 21.3 Å². The molecule has 17 heavy (non-hydrogen) atoms. The van der Waals surface area contributed by atoms with Gasteiger partial charge in [-0.05, 0) is 13.8 Å². The highest BCUT2D eigenvalue weighted by Gasteiger charge is 2.11. The van der Waals surface area contributed by atoms with E-state index in [9.17, 15) is 8.42 Å². The van der Waals surface area contributed by atoms with Crippen LogP contribution < -0.4 is 4.72 Å². The second-order valence-corrected chi connectivity index (χ2v) is 5.58. The molecule has 0 aliphatic carbocycles. The first-order valence-electron chi connectivity index (χ1n) is 5.51. The molecule has 1 aromatic heterocycles. The standard InChI is InChI=1S/C10H19N3O3S/c1-4-16-9(2)10-11-5-7-13(10)8-6-12-17(3,14)15/h5,7,9,12H,4,6,8H2,1-3H3. The Morgan fingerprint density at radius 1 is 1.59 bits per heavy atom. The van der Waals surface area contributed by atoms with E-state index < -0.39 is 10.0 Å². The van der Waals surface area contributed by atoms with Crippen molar-refractivity contribution in [1.29, 1.82) is 0 Å². The highest BCUT2D eigenvalue weighted by molar-refractivity contribution is 7.88. The molecule has 0 aromatic carbocycles. The maximum absolute atomic E-state index is 10.9. The van der Waals surface area contributed by atoms with Crippen LogP contribution in [0.2, 0.25) is 0 Å². The number of nitrogens with zero attached hydrogens (tertiary/aromatic N) is 2. The van der Waals surface area contributed by atoms with E-state index in [1.54, 1.807) is 6.20 Å². The Balaban J connectivity index is 2.57. The number of imidazole rings is 1.